The highest BCUT2D eigenvalue weighted by Gasteiger charge is 2.39. The minimum absolute atomic E-state index is 0.0825. The summed E-state index contributed by atoms with van der Waals surface area (Å²) in [6, 6.07) is -0.0825. The van der Waals surface area contributed by atoms with Gasteiger partial charge in [-0.1, -0.05) is 6.92 Å². The fourth-order valence-electron chi connectivity index (χ4n) is 2.56. The van der Waals surface area contributed by atoms with E-state index in [9.17, 15) is 13.2 Å². The van der Waals surface area contributed by atoms with E-state index < -0.39 is 15.4 Å². The Hall–Kier alpha value is -0.660. The maximum absolute atomic E-state index is 12.2. The van der Waals surface area contributed by atoms with Crippen LogP contribution in [-0.4, -0.2) is 68.6 Å². The summed E-state index contributed by atoms with van der Waals surface area (Å²) in [7, 11) is -2.95. The van der Waals surface area contributed by atoms with Crippen molar-refractivity contribution in [1.29, 1.82) is 0 Å². The van der Waals surface area contributed by atoms with Gasteiger partial charge in [-0.2, -0.15) is 0 Å². The zero-order valence-electron chi connectivity index (χ0n) is 13.5. The molecule has 0 aromatic heterocycles. The molecule has 0 spiro atoms. The maximum Gasteiger partial charge on any atom is 0.327 e. The summed E-state index contributed by atoms with van der Waals surface area (Å²) < 4.78 is 28.5. The van der Waals surface area contributed by atoms with Gasteiger partial charge in [-0.3, -0.25) is 9.69 Å². The van der Waals surface area contributed by atoms with Crippen LogP contribution in [-0.2, 0) is 19.4 Å². The Morgan fingerprint density at radius 3 is 2.62 bits per heavy atom. The van der Waals surface area contributed by atoms with Crippen molar-refractivity contribution in [2.45, 2.75) is 45.7 Å². The first-order valence-electron chi connectivity index (χ1n) is 7.61. The molecule has 1 rings (SSSR count). The highest BCUT2D eigenvalue weighted by molar-refractivity contribution is 7.91. The molecule has 7 heteroatoms. The second kappa shape index (κ2) is 7.56. The Morgan fingerprint density at radius 1 is 1.43 bits per heavy atom. The third-order valence-electron chi connectivity index (χ3n) is 3.82. The third kappa shape index (κ3) is 5.23. The van der Waals surface area contributed by atoms with Gasteiger partial charge < -0.3 is 10.1 Å². The summed E-state index contributed by atoms with van der Waals surface area (Å²) in [4.78, 5) is 14.3. The second-order valence-electron chi connectivity index (χ2n) is 5.91. The third-order valence-corrected chi connectivity index (χ3v) is 5.61. The molecule has 1 heterocycles. The summed E-state index contributed by atoms with van der Waals surface area (Å²) in [6.07, 6.45) is 0.916. The van der Waals surface area contributed by atoms with E-state index in [-0.39, 0.29) is 23.5 Å². The molecule has 0 saturated carbocycles. The molecule has 0 aromatic rings. The highest BCUT2D eigenvalue weighted by atomic mass is 32.2. The van der Waals surface area contributed by atoms with Gasteiger partial charge in [0.15, 0.2) is 9.84 Å². The topological polar surface area (TPSA) is 75.7 Å². The molecule has 1 N–H and O–H groups in total. The molecular weight excluding hydrogens is 292 g/mol. The van der Waals surface area contributed by atoms with Gasteiger partial charge in [-0.05, 0) is 33.7 Å². The minimum atomic E-state index is -2.95. The number of carbonyl (C=O) groups excluding carboxylic acids is 1. The molecule has 2 atom stereocenters. The first-order valence-corrected chi connectivity index (χ1v) is 9.43. The molecule has 1 saturated heterocycles. The van der Waals surface area contributed by atoms with Crippen LogP contribution >= 0.6 is 0 Å². The van der Waals surface area contributed by atoms with E-state index in [0.717, 1.165) is 13.0 Å². The Labute approximate surface area is 128 Å². The second-order valence-corrected chi connectivity index (χ2v) is 8.14. The SMILES string of the molecule is CCCNC(C)(CN1CCS(=O)(=O)CC1C)C(=O)OCC. The van der Waals surface area contributed by atoms with Crippen LogP contribution in [0, 0.1) is 0 Å². The number of hydrogen-bond acceptors (Lipinski definition) is 6. The van der Waals surface area contributed by atoms with Gasteiger partial charge in [0, 0.05) is 19.1 Å². The lowest BCUT2D eigenvalue weighted by atomic mass is 10.0. The van der Waals surface area contributed by atoms with Crippen LogP contribution in [0.4, 0.5) is 0 Å². The summed E-state index contributed by atoms with van der Waals surface area (Å²) in [5.41, 5.74) is -0.804. The van der Waals surface area contributed by atoms with E-state index in [2.05, 4.69) is 10.2 Å². The molecule has 1 aliphatic rings. The zero-order valence-corrected chi connectivity index (χ0v) is 14.3. The quantitative estimate of drug-likeness (QED) is 0.686. The number of hydrogen-bond donors (Lipinski definition) is 1. The van der Waals surface area contributed by atoms with Crippen LogP contribution in [0.15, 0.2) is 0 Å². The molecule has 0 aliphatic carbocycles. The van der Waals surface area contributed by atoms with E-state index in [0.29, 0.717) is 19.7 Å². The van der Waals surface area contributed by atoms with Gasteiger partial charge in [0.25, 0.3) is 0 Å². The van der Waals surface area contributed by atoms with Crippen LogP contribution in [0.25, 0.3) is 0 Å². The number of esters is 1. The first-order chi connectivity index (χ1) is 9.74. The van der Waals surface area contributed by atoms with Crippen LogP contribution in [0.3, 0.4) is 0 Å². The lowest BCUT2D eigenvalue weighted by Gasteiger charge is -2.39. The lowest BCUT2D eigenvalue weighted by molar-refractivity contribution is -0.151. The fraction of sp³-hybridized carbons (Fsp3) is 0.929. The normalized spacial score (nSPS) is 25.2. The number of nitrogens with one attached hydrogen (secondary N) is 1. The predicted octanol–water partition coefficient (Wildman–Crippen LogP) is 0.427. The molecule has 0 radical (unpaired) electrons. The standard InChI is InChI=1S/C14H28N2O4S/c1-5-7-15-14(4,13(17)20-6-2)11-16-8-9-21(18,19)10-12(16)3/h12,15H,5-11H2,1-4H3. The smallest absolute Gasteiger partial charge is 0.327 e. The lowest BCUT2D eigenvalue weighted by Crippen LogP contribution is -2.61. The van der Waals surface area contributed by atoms with Crippen molar-refractivity contribution in [3.05, 3.63) is 0 Å². The van der Waals surface area contributed by atoms with Crippen molar-refractivity contribution in [2.75, 3.05) is 37.7 Å². The van der Waals surface area contributed by atoms with Crippen molar-refractivity contribution >= 4 is 15.8 Å². The van der Waals surface area contributed by atoms with Crippen LogP contribution in [0.1, 0.15) is 34.1 Å². The predicted molar refractivity (Wildman–Crippen MR) is 83.0 cm³/mol. The average Bonchev–Trinajstić information content (AvgIpc) is 2.39. The molecule has 0 amide bonds. The number of rotatable bonds is 7. The Morgan fingerprint density at radius 2 is 2.10 bits per heavy atom. The summed E-state index contributed by atoms with van der Waals surface area (Å²) in [5, 5.41) is 3.25. The van der Waals surface area contributed by atoms with Crippen LogP contribution in [0.2, 0.25) is 0 Å². The van der Waals surface area contributed by atoms with Crippen molar-refractivity contribution in [3.63, 3.8) is 0 Å². The van der Waals surface area contributed by atoms with Crippen LogP contribution < -0.4 is 5.32 Å². The Bertz CT molecular complexity index is 452. The van der Waals surface area contributed by atoms with Gasteiger partial charge in [0.1, 0.15) is 5.54 Å². The Balaban J connectivity index is 2.79. The van der Waals surface area contributed by atoms with Crippen molar-refractivity contribution < 1.29 is 17.9 Å². The molecule has 124 valence electrons. The first kappa shape index (κ1) is 18.4. The monoisotopic (exact) mass is 320 g/mol. The van der Waals surface area contributed by atoms with E-state index >= 15 is 0 Å². The molecule has 21 heavy (non-hydrogen) atoms. The van der Waals surface area contributed by atoms with Gasteiger partial charge >= 0.3 is 5.97 Å². The molecule has 1 aliphatic heterocycles. The zero-order chi connectivity index (χ0) is 16.1. The molecular formula is C14H28N2O4S. The molecule has 0 bridgehead atoms. The number of nitrogens with zero attached hydrogens (tertiary/aromatic N) is 1. The summed E-state index contributed by atoms with van der Waals surface area (Å²) >= 11 is 0. The van der Waals surface area contributed by atoms with E-state index in [1.807, 2.05) is 20.8 Å². The Kier molecular flexibility index (Phi) is 6.62. The number of carbonyl (C=O) groups is 1. The molecule has 6 nitrogen and oxygen atoms in total. The van der Waals surface area contributed by atoms with Gasteiger partial charge in [0.2, 0.25) is 0 Å². The summed E-state index contributed by atoms with van der Waals surface area (Å²) in [6.45, 7) is 9.53. The van der Waals surface area contributed by atoms with Crippen molar-refractivity contribution in [3.8, 4) is 0 Å². The van der Waals surface area contributed by atoms with E-state index in [1.165, 1.54) is 0 Å². The van der Waals surface area contributed by atoms with Gasteiger partial charge in [0.05, 0.1) is 18.1 Å². The minimum Gasteiger partial charge on any atom is -0.465 e. The maximum atomic E-state index is 12.2. The fourth-order valence-corrected chi connectivity index (χ4v) is 4.18. The molecule has 0 aromatic carbocycles. The van der Waals surface area contributed by atoms with Gasteiger partial charge in [-0.25, -0.2) is 8.42 Å². The van der Waals surface area contributed by atoms with E-state index in [1.54, 1.807) is 6.92 Å². The van der Waals surface area contributed by atoms with E-state index in [4.69, 9.17) is 4.74 Å². The highest BCUT2D eigenvalue weighted by Crippen LogP contribution is 2.17. The molecule has 2 unspecified atom stereocenters. The number of ether oxygens (including phenoxy) is 1. The van der Waals surface area contributed by atoms with Gasteiger partial charge in [-0.15, -0.1) is 0 Å². The summed E-state index contributed by atoms with van der Waals surface area (Å²) in [5.74, 6) is 0.0306. The van der Waals surface area contributed by atoms with Crippen molar-refractivity contribution in [1.82, 2.24) is 10.2 Å². The molecule has 1 fully saturated rings. The largest absolute Gasteiger partial charge is 0.465 e. The number of sulfone groups is 1. The van der Waals surface area contributed by atoms with Crippen LogP contribution in [0.5, 0.6) is 0 Å². The van der Waals surface area contributed by atoms with Crippen molar-refractivity contribution in [2.24, 2.45) is 0 Å². The average molecular weight is 320 g/mol.